The second-order valence-corrected chi connectivity index (χ2v) is 5.54. The molecule has 0 atom stereocenters. The van der Waals surface area contributed by atoms with Crippen LogP contribution in [0.4, 0.5) is 0 Å². The summed E-state index contributed by atoms with van der Waals surface area (Å²) >= 11 is 0. The summed E-state index contributed by atoms with van der Waals surface area (Å²) in [6.07, 6.45) is 1.75. The van der Waals surface area contributed by atoms with Gasteiger partial charge in [-0.15, -0.1) is 0 Å². The molecule has 0 amide bonds. The van der Waals surface area contributed by atoms with Crippen molar-refractivity contribution in [3.63, 3.8) is 0 Å². The molecule has 2 heterocycles. The van der Waals surface area contributed by atoms with Crippen LogP contribution in [0.25, 0.3) is 0 Å². The van der Waals surface area contributed by atoms with Crippen LogP contribution in [-0.2, 0) is 11.3 Å². The molecule has 1 N–H and O–H groups in total. The average Bonchev–Trinajstić information content (AvgIpc) is 2.76. The first kappa shape index (κ1) is 13.6. The van der Waals surface area contributed by atoms with Crippen molar-refractivity contribution in [2.24, 2.45) is 0 Å². The molecule has 0 unspecified atom stereocenters. The van der Waals surface area contributed by atoms with E-state index in [4.69, 9.17) is 9.15 Å². The fraction of sp³-hybridized carbons (Fsp3) is 0.714. The Hall–Kier alpha value is -0.840. The lowest BCUT2D eigenvalue weighted by atomic mass is 10.0. The molecule has 1 aliphatic heterocycles. The second-order valence-electron chi connectivity index (χ2n) is 5.54. The molecule has 4 nitrogen and oxygen atoms in total. The fourth-order valence-corrected chi connectivity index (χ4v) is 2.35. The minimum absolute atomic E-state index is 0.157. The van der Waals surface area contributed by atoms with Gasteiger partial charge in [-0.05, 0) is 32.4 Å². The van der Waals surface area contributed by atoms with Crippen molar-refractivity contribution >= 4 is 0 Å². The number of furan rings is 1. The molecule has 1 fully saturated rings. The number of hydrogen-bond acceptors (Lipinski definition) is 4. The van der Waals surface area contributed by atoms with Gasteiger partial charge in [-0.2, -0.15) is 0 Å². The smallest absolute Gasteiger partial charge is 0.120 e. The zero-order valence-electron chi connectivity index (χ0n) is 11.7. The topological polar surface area (TPSA) is 37.6 Å². The Bertz CT molecular complexity index is 368. The Balaban J connectivity index is 1.79. The predicted molar refractivity (Wildman–Crippen MR) is 71.6 cm³/mol. The zero-order chi connectivity index (χ0) is 13.0. The van der Waals surface area contributed by atoms with Gasteiger partial charge >= 0.3 is 0 Å². The number of hydrogen-bond donors (Lipinski definition) is 1. The molecule has 1 aromatic rings. The fourth-order valence-electron chi connectivity index (χ4n) is 2.35. The standard InChI is InChI=1S/C14H24N2O2/c1-12-4-7-18-13(12)10-15-11-14(2,3)16-5-8-17-9-6-16/h4,7,15H,5-6,8-11H2,1-3H3. The largest absolute Gasteiger partial charge is 0.468 e. The second kappa shape index (κ2) is 5.87. The summed E-state index contributed by atoms with van der Waals surface area (Å²) in [5.41, 5.74) is 1.37. The molecule has 0 saturated carbocycles. The van der Waals surface area contributed by atoms with E-state index in [9.17, 15) is 0 Å². The first-order chi connectivity index (χ1) is 8.59. The molecule has 18 heavy (non-hydrogen) atoms. The van der Waals surface area contributed by atoms with Crippen molar-refractivity contribution < 1.29 is 9.15 Å². The van der Waals surface area contributed by atoms with Crippen LogP contribution >= 0.6 is 0 Å². The summed E-state index contributed by atoms with van der Waals surface area (Å²) in [5.74, 6) is 1.03. The first-order valence-electron chi connectivity index (χ1n) is 6.66. The minimum Gasteiger partial charge on any atom is -0.468 e. The molecule has 1 saturated heterocycles. The quantitative estimate of drug-likeness (QED) is 0.867. The maximum absolute atomic E-state index is 5.43. The van der Waals surface area contributed by atoms with Gasteiger partial charge in [0.2, 0.25) is 0 Å². The molecule has 1 aromatic heterocycles. The maximum Gasteiger partial charge on any atom is 0.120 e. The highest BCUT2D eigenvalue weighted by molar-refractivity contribution is 5.14. The molecule has 0 radical (unpaired) electrons. The van der Waals surface area contributed by atoms with E-state index in [1.165, 1.54) is 5.56 Å². The molecular formula is C14H24N2O2. The lowest BCUT2D eigenvalue weighted by Gasteiger charge is -2.41. The normalized spacial score (nSPS) is 18.2. The summed E-state index contributed by atoms with van der Waals surface area (Å²) in [6, 6.07) is 2.00. The molecular weight excluding hydrogens is 228 g/mol. The number of nitrogens with zero attached hydrogens (tertiary/aromatic N) is 1. The highest BCUT2D eigenvalue weighted by Gasteiger charge is 2.27. The number of rotatable bonds is 5. The van der Waals surface area contributed by atoms with Gasteiger partial charge in [-0.1, -0.05) is 0 Å². The number of morpholine rings is 1. The Morgan fingerprint density at radius 2 is 2.06 bits per heavy atom. The van der Waals surface area contributed by atoms with E-state index >= 15 is 0 Å². The Labute approximate surface area is 109 Å². The van der Waals surface area contributed by atoms with Gasteiger partial charge in [0, 0.05) is 25.2 Å². The monoisotopic (exact) mass is 252 g/mol. The lowest BCUT2D eigenvalue weighted by molar-refractivity contribution is -0.00977. The molecule has 0 aromatic carbocycles. The molecule has 2 rings (SSSR count). The third kappa shape index (κ3) is 3.34. The zero-order valence-corrected chi connectivity index (χ0v) is 11.7. The summed E-state index contributed by atoms with van der Waals surface area (Å²) < 4.78 is 10.8. The van der Waals surface area contributed by atoms with Crippen LogP contribution in [0.15, 0.2) is 16.7 Å². The Morgan fingerprint density at radius 1 is 1.33 bits per heavy atom. The summed E-state index contributed by atoms with van der Waals surface area (Å²) in [5, 5.41) is 3.49. The van der Waals surface area contributed by atoms with Crippen molar-refractivity contribution in [1.82, 2.24) is 10.2 Å². The highest BCUT2D eigenvalue weighted by atomic mass is 16.5. The van der Waals surface area contributed by atoms with Crippen LogP contribution in [0, 0.1) is 6.92 Å². The Morgan fingerprint density at radius 3 is 2.67 bits per heavy atom. The average molecular weight is 252 g/mol. The number of nitrogens with one attached hydrogen (secondary N) is 1. The molecule has 1 aliphatic rings. The molecule has 0 spiro atoms. The number of aryl methyl sites for hydroxylation is 1. The van der Waals surface area contributed by atoms with E-state index in [1.807, 2.05) is 6.07 Å². The minimum atomic E-state index is 0.157. The molecule has 102 valence electrons. The van der Waals surface area contributed by atoms with E-state index in [2.05, 4.69) is 31.0 Å². The van der Waals surface area contributed by atoms with Gasteiger partial charge in [0.1, 0.15) is 5.76 Å². The van der Waals surface area contributed by atoms with Gasteiger partial charge in [-0.25, -0.2) is 0 Å². The lowest BCUT2D eigenvalue weighted by Crippen LogP contribution is -2.54. The van der Waals surface area contributed by atoms with Crippen molar-refractivity contribution in [1.29, 1.82) is 0 Å². The highest BCUT2D eigenvalue weighted by Crippen LogP contribution is 2.15. The van der Waals surface area contributed by atoms with Crippen LogP contribution in [0.1, 0.15) is 25.2 Å². The Kier molecular flexibility index (Phi) is 4.43. The van der Waals surface area contributed by atoms with Crippen LogP contribution in [-0.4, -0.2) is 43.3 Å². The SMILES string of the molecule is Cc1ccoc1CNCC(C)(C)N1CCOCC1. The third-order valence-corrected chi connectivity index (χ3v) is 3.68. The molecule has 4 heteroatoms. The van der Waals surface area contributed by atoms with E-state index < -0.39 is 0 Å². The predicted octanol–water partition coefficient (Wildman–Crippen LogP) is 1.79. The van der Waals surface area contributed by atoms with Crippen molar-refractivity contribution in [2.75, 3.05) is 32.8 Å². The van der Waals surface area contributed by atoms with Gasteiger partial charge in [-0.3, -0.25) is 4.90 Å². The molecule has 0 aliphatic carbocycles. The summed E-state index contributed by atoms with van der Waals surface area (Å²) in [6.45, 7) is 12.1. The van der Waals surface area contributed by atoms with Crippen molar-refractivity contribution in [3.8, 4) is 0 Å². The van der Waals surface area contributed by atoms with E-state index in [1.54, 1.807) is 6.26 Å². The van der Waals surface area contributed by atoms with Gasteiger partial charge in [0.05, 0.1) is 26.0 Å². The van der Waals surface area contributed by atoms with Crippen LogP contribution in [0.2, 0.25) is 0 Å². The maximum atomic E-state index is 5.43. The first-order valence-corrected chi connectivity index (χ1v) is 6.66. The summed E-state index contributed by atoms with van der Waals surface area (Å²) in [7, 11) is 0. The van der Waals surface area contributed by atoms with E-state index in [0.717, 1.165) is 45.2 Å². The van der Waals surface area contributed by atoms with Gasteiger partial charge in [0.25, 0.3) is 0 Å². The van der Waals surface area contributed by atoms with E-state index in [0.29, 0.717) is 0 Å². The van der Waals surface area contributed by atoms with Gasteiger partial charge in [0.15, 0.2) is 0 Å². The van der Waals surface area contributed by atoms with Gasteiger partial charge < -0.3 is 14.5 Å². The third-order valence-electron chi connectivity index (χ3n) is 3.68. The number of ether oxygens (including phenoxy) is 1. The van der Waals surface area contributed by atoms with Crippen molar-refractivity contribution in [3.05, 3.63) is 23.7 Å². The van der Waals surface area contributed by atoms with Crippen LogP contribution < -0.4 is 5.32 Å². The van der Waals surface area contributed by atoms with Crippen LogP contribution in [0.5, 0.6) is 0 Å². The summed E-state index contributed by atoms with van der Waals surface area (Å²) in [4.78, 5) is 2.48. The van der Waals surface area contributed by atoms with Crippen LogP contribution in [0.3, 0.4) is 0 Å². The molecule has 0 bridgehead atoms. The van der Waals surface area contributed by atoms with E-state index in [-0.39, 0.29) is 5.54 Å². The van der Waals surface area contributed by atoms with Crippen molar-refractivity contribution in [2.45, 2.75) is 32.9 Å².